The number of amides is 1. The molecular formula is C23H18ClFN4O2. The molecule has 3 heterocycles. The van der Waals surface area contributed by atoms with Gasteiger partial charge in [0.1, 0.15) is 11.5 Å². The number of carbonyl (C=O) groups is 1. The molecule has 0 spiro atoms. The van der Waals surface area contributed by atoms with E-state index in [1.54, 1.807) is 47.4 Å². The predicted molar refractivity (Wildman–Crippen MR) is 116 cm³/mol. The van der Waals surface area contributed by atoms with E-state index in [1.165, 1.54) is 10.6 Å². The van der Waals surface area contributed by atoms with Crippen LogP contribution in [0.3, 0.4) is 0 Å². The fourth-order valence-corrected chi connectivity index (χ4v) is 3.75. The number of morpholine rings is 1. The lowest BCUT2D eigenvalue weighted by Gasteiger charge is -2.27. The molecule has 4 aromatic rings. The highest BCUT2D eigenvalue weighted by Crippen LogP contribution is 2.27. The van der Waals surface area contributed by atoms with E-state index >= 15 is 0 Å². The standard InChI is InChI=1S/C23H18ClFN4O2/c24-16-7-5-15(6-8-16)19-14-22-26-20(17-3-1-2-4-18(17)25)13-21(29(22)27-19)23(30)28-9-11-31-12-10-28/h1-8,13-14H,9-12H2. The topological polar surface area (TPSA) is 59.7 Å². The number of hydrogen-bond donors (Lipinski definition) is 0. The zero-order chi connectivity index (χ0) is 21.4. The highest BCUT2D eigenvalue weighted by atomic mass is 35.5. The van der Waals surface area contributed by atoms with Crippen LogP contribution in [0, 0.1) is 5.82 Å². The van der Waals surface area contributed by atoms with E-state index < -0.39 is 5.82 Å². The third-order valence-corrected chi connectivity index (χ3v) is 5.49. The Kier molecular flexibility index (Phi) is 5.13. The predicted octanol–water partition coefficient (Wildman–Crippen LogP) is 4.33. The maximum absolute atomic E-state index is 14.5. The molecule has 1 aliphatic heterocycles. The Labute approximate surface area is 182 Å². The second-order valence-electron chi connectivity index (χ2n) is 7.22. The second kappa shape index (κ2) is 8.09. The maximum Gasteiger partial charge on any atom is 0.272 e. The van der Waals surface area contributed by atoms with E-state index in [2.05, 4.69) is 10.1 Å². The van der Waals surface area contributed by atoms with Crippen molar-refractivity contribution in [2.75, 3.05) is 26.3 Å². The van der Waals surface area contributed by atoms with Gasteiger partial charge in [0.05, 0.1) is 24.6 Å². The summed E-state index contributed by atoms with van der Waals surface area (Å²) in [7, 11) is 0. The van der Waals surface area contributed by atoms with Crippen LogP contribution in [-0.4, -0.2) is 51.7 Å². The van der Waals surface area contributed by atoms with Crippen molar-refractivity contribution in [3.63, 3.8) is 0 Å². The second-order valence-corrected chi connectivity index (χ2v) is 7.65. The molecule has 156 valence electrons. The van der Waals surface area contributed by atoms with Crippen molar-refractivity contribution in [2.24, 2.45) is 0 Å². The average molecular weight is 437 g/mol. The van der Waals surface area contributed by atoms with Gasteiger partial charge >= 0.3 is 0 Å². The lowest BCUT2D eigenvalue weighted by molar-refractivity contribution is 0.0297. The minimum atomic E-state index is -0.401. The smallest absolute Gasteiger partial charge is 0.272 e. The molecule has 2 aromatic heterocycles. The van der Waals surface area contributed by atoms with E-state index in [-0.39, 0.29) is 5.91 Å². The Bertz CT molecular complexity index is 1270. The highest BCUT2D eigenvalue weighted by molar-refractivity contribution is 6.30. The third kappa shape index (κ3) is 3.78. The number of hydrogen-bond acceptors (Lipinski definition) is 4. The van der Waals surface area contributed by atoms with Crippen LogP contribution >= 0.6 is 11.6 Å². The molecule has 1 aliphatic rings. The molecule has 0 radical (unpaired) electrons. The number of benzene rings is 2. The molecule has 0 bridgehead atoms. The lowest BCUT2D eigenvalue weighted by Crippen LogP contribution is -2.41. The van der Waals surface area contributed by atoms with Crippen LogP contribution in [0.5, 0.6) is 0 Å². The van der Waals surface area contributed by atoms with E-state index in [0.717, 1.165) is 5.56 Å². The van der Waals surface area contributed by atoms with Gasteiger partial charge in [0.15, 0.2) is 5.65 Å². The number of rotatable bonds is 3. The normalized spacial score (nSPS) is 14.2. The van der Waals surface area contributed by atoms with Gasteiger partial charge in [-0.25, -0.2) is 13.9 Å². The fourth-order valence-electron chi connectivity index (χ4n) is 3.62. The highest BCUT2D eigenvalue weighted by Gasteiger charge is 2.24. The average Bonchev–Trinajstić information content (AvgIpc) is 3.23. The molecule has 1 amide bonds. The molecule has 8 heteroatoms. The van der Waals surface area contributed by atoms with Crippen LogP contribution in [0.4, 0.5) is 4.39 Å². The zero-order valence-electron chi connectivity index (χ0n) is 16.5. The van der Waals surface area contributed by atoms with Crippen LogP contribution in [-0.2, 0) is 4.74 Å². The Morgan fingerprint density at radius 3 is 2.48 bits per heavy atom. The van der Waals surface area contributed by atoms with Gasteiger partial charge < -0.3 is 9.64 Å². The van der Waals surface area contributed by atoms with Crippen LogP contribution in [0.15, 0.2) is 60.7 Å². The molecule has 31 heavy (non-hydrogen) atoms. The minimum Gasteiger partial charge on any atom is -0.378 e. The molecule has 0 saturated carbocycles. The van der Waals surface area contributed by atoms with Crippen molar-refractivity contribution >= 4 is 23.2 Å². The third-order valence-electron chi connectivity index (χ3n) is 5.23. The van der Waals surface area contributed by atoms with Crippen molar-refractivity contribution in [1.29, 1.82) is 0 Å². The molecule has 5 rings (SSSR count). The van der Waals surface area contributed by atoms with Crippen molar-refractivity contribution in [3.8, 4) is 22.5 Å². The van der Waals surface area contributed by atoms with Crippen LogP contribution in [0.1, 0.15) is 10.5 Å². The number of nitrogens with zero attached hydrogens (tertiary/aromatic N) is 4. The quantitative estimate of drug-likeness (QED) is 0.479. The van der Waals surface area contributed by atoms with E-state index in [9.17, 15) is 9.18 Å². The maximum atomic E-state index is 14.5. The van der Waals surface area contributed by atoms with Crippen molar-refractivity contribution in [3.05, 3.63) is 77.2 Å². The summed E-state index contributed by atoms with van der Waals surface area (Å²) < 4.78 is 21.4. The summed E-state index contributed by atoms with van der Waals surface area (Å²) in [6.45, 7) is 1.94. The number of carbonyl (C=O) groups excluding carboxylic acids is 1. The van der Waals surface area contributed by atoms with Gasteiger partial charge in [0, 0.05) is 35.3 Å². The van der Waals surface area contributed by atoms with Crippen LogP contribution in [0.25, 0.3) is 28.2 Å². The first-order valence-corrected chi connectivity index (χ1v) is 10.3. The van der Waals surface area contributed by atoms with Gasteiger partial charge in [0.2, 0.25) is 0 Å². The van der Waals surface area contributed by atoms with Crippen molar-refractivity contribution in [1.82, 2.24) is 19.5 Å². The SMILES string of the molecule is O=C(c1cc(-c2ccccc2F)nc2cc(-c3ccc(Cl)cc3)nn12)N1CCOCC1. The van der Waals surface area contributed by atoms with E-state index in [1.807, 2.05) is 12.1 Å². The number of ether oxygens (including phenoxy) is 1. The number of aromatic nitrogens is 3. The molecule has 1 saturated heterocycles. The molecular weight excluding hydrogens is 419 g/mol. The summed E-state index contributed by atoms with van der Waals surface area (Å²) in [5, 5.41) is 5.25. The van der Waals surface area contributed by atoms with Gasteiger partial charge in [-0.05, 0) is 30.3 Å². The van der Waals surface area contributed by atoms with Gasteiger partial charge in [-0.2, -0.15) is 5.10 Å². The van der Waals surface area contributed by atoms with Gasteiger partial charge in [-0.15, -0.1) is 0 Å². The monoisotopic (exact) mass is 436 g/mol. The fraction of sp³-hybridized carbons (Fsp3) is 0.174. The number of halogens is 2. The summed E-state index contributed by atoms with van der Waals surface area (Å²) in [6, 6.07) is 17.0. The van der Waals surface area contributed by atoms with Gasteiger partial charge in [-0.1, -0.05) is 35.9 Å². The Morgan fingerprint density at radius 2 is 1.74 bits per heavy atom. The molecule has 0 unspecified atom stereocenters. The number of fused-ring (bicyclic) bond motifs is 1. The Hall–Kier alpha value is -3.29. The first-order chi connectivity index (χ1) is 15.1. The minimum absolute atomic E-state index is 0.195. The molecule has 0 N–H and O–H groups in total. The van der Waals surface area contributed by atoms with Crippen molar-refractivity contribution < 1.29 is 13.9 Å². The summed E-state index contributed by atoms with van der Waals surface area (Å²) in [6.07, 6.45) is 0. The largest absolute Gasteiger partial charge is 0.378 e. The molecule has 0 aliphatic carbocycles. The van der Waals surface area contributed by atoms with Crippen molar-refractivity contribution in [2.45, 2.75) is 0 Å². The molecule has 0 atom stereocenters. The molecule has 1 fully saturated rings. The molecule has 2 aromatic carbocycles. The first-order valence-electron chi connectivity index (χ1n) is 9.89. The zero-order valence-corrected chi connectivity index (χ0v) is 17.2. The molecule has 6 nitrogen and oxygen atoms in total. The van der Waals surface area contributed by atoms with Crippen LogP contribution in [0.2, 0.25) is 5.02 Å². The summed E-state index contributed by atoms with van der Waals surface area (Å²) in [4.78, 5) is 19.7. The Morgan fingerprint density at radius 1 is 1.00 bits per heavy atom. The summed E-state index contributed by atoms with van der Waals surface area (Å²) in [5.74, 6) is -0.597. The van der Waals surface area contributed by atoms with Gasteiger partial charge in [0.25, 0.3) is 5.91 Å². The first kappa shape index (κ1) is 19.7. The summed E-state index contributed by atoms with van der Waals surface area (Å²) >= 11 is 6.00. The van der Waals surface area contributed by atoms with E-state index in [0.29, 0.717) is 59.6 Å². The van der Waals surface area contributed by atoms with Crippen LogP contribution < -0.4 is 0 Å². The summed E-state index contributed by atoms with van der Waals surface area (Å²) in [5.41, 5.74) is 2.98. The van der Waals surface area contributed by atoms with E-state index in [4.69, 9.17) is 16.3 Å². The Balaban J connectivity index is 1.68. The lowest BCUT2D eigenvalue weighted by atomic mass is 10.1. The van der Waals surface area contributed by atoms with Gasteiger partial charge in [-0.3, -0.25) is 4.79 Å².